The fourth-order valence-corrected chi connectivity index (χ4v) is 1.63. The van der Waals surface area contributed by atoms with E-state index in [1.165, 1.54) is 5.57 Å². The standard InChI is InChI=1S/C12H16N2O2/c1-15-12-11(5-2-6-13-12)14-8-10-4-3-7-16-9-10/h2,4-6,14H,3,7-9H2,1H3. The molecule has 0 amide bonds. The van der Waals surface area contributed by atoms with Crippen molar-refractivity contribution in [2.45, 2.75) is 6.42 Å². The largest absolute Gasteiger partial charge is 0.480 e. The Bertz CT molecular complexity index is 377. The van der Waals surface area contributed by atoms with E-state index in [2.05, 4.69) is 16.4 Å². The van der Waals surface area contributed by atoms with Crippen LogP contribution in [0.2, 0.25) is 0 Å². The number of ether oxygens (including phenoxy) is 2. The van der Waals surface area contributed by atoms with Crippen molar-refractivity contribution in [1.29, 1.82) is 0 Å². The van der Waals surface area contributed by atoms with Crippen LogP contribution in [0.1, 0.15) is 6.42 Å². The van der Waals surface area contributed by atoms with Crippen LogP contribution < -0.4 is 10.1 Å². The summed E-state index contributed by atoms with van der Waals surface area (Å²) in [4.78, 5) is 4.13. The van der Waals surface area contributed by atoms with Crippen LogP contribution in [0.3, 0.4) is 0 Å². The molecule has 0 saturated carbocycles. The molecule has 0 unspecified atom stereocenters. The van der Waals surface area contributed by atoms with Gasteiger partial charge in [0.15, 0.2) is 0 Å². The molecule has 4 nitrogen and oxygen atoms in total. The second-order valence-electron chi connectivity index (χ2n) is 3.62. The molecule has 0 aliphatic carbocycles. The molecule has 0 atom stereocenters. The summed E-state index contributed by atoms with van der Waals surface area (Å²) in [5.41, 5.74) is 2.19. The highest BCUT2D eigenvalue weighted by Gasteiger charge is 2.06. The van der Waals surface area contributed by atoms with Crippen LogP contribution in [-0.4, -0.2) is 31.9 Å². The third-order valence-corrected chi connectivity index (χ3v) is 2.45. The number of methoxy groups -OCH3 is 1. The normalized spacial score (nSPS) is 15.4. The Morgan fingerprint density at radius 1 is 1.56 bits per heavy atom. The minimum Gasteiger partial charge on any atom is -0.480 e. The van der Waals surface area contributed by atoms with Gasteiger partial charge in [0.05, 0.1) is 26.0 Å². The number of anilines is 1. The molecule has 0 aromatic carbocycles. The Kier molecular flexibility index (Phi) is 3.77. The Labute approximate surface area is 95.3 Å². The molecule has 2 rings (SSSR count). The summed E-state index contributed by atoms with van der Waals surface area (Å²) in [7, 11) is 1.62. The summed E-state index contributed by atoms with van der Waals surface area (Å²) in [6.07, 6.45) is 4.94. The molecule has 1 N–H and O–H groups in total. The molecule has 16 heavy (non-hydrogen) atoms. The van der Waals surface area contributed by atoms with Crippen LogP contribution in [0.4, 0.5) is 5.69 Å². The lowest BCUT2D eigenvalue weighted by atomic mass is 10.2. The number of rotatable bonds is 4. The Morgan fingerprint density at radius 3 is 3.25 bits per heavy atom. The summed E-state index contributed by atoms with van der Waals surface area (Å²) in [6, 6.07) is 3.84. The topological polar surface area (TPSA) is 43.4 Å². The zero-order chi connectivity index (χ0) is 11.2. The molecule has 0 spiro atoms. The number of nitrogens with zero attached hydrogens (tertiary/aromatic N) is 1. The van der Waals surface area contributed by atoms with E-state index in [-0.39, 0.29) is 0 Å². The maximum Gasteiger partial charge on any atom is 0.237 e. The molecule has 4 heteroatoms. The van der Waals surface area contributed by atoms with Gasteiger partial charge in [-0.25, -0.2) is 4.98 Å². The molecule has 1 aromatic heterocycles. The van der Waals surface area contributed by atoms with Crippen LogP contribution in [0, 0.1) is 0 Å². The lowest BCUT2D eigenvalue weighted by Crippen LogP contribution is -2.14. The number of hydrogen-bond donors (Lipinski definition) is 1. The molecular weight excluding hydrogens is 204 g/mol. The van der Waals surface area contributed by atoms with Crippen LogP contribution in [0.5, 0.6) is 5.88 Å². The first-order chi connectivity index (χ1) is 7.90. The summed E-state index contributed by atoms with van der Waals surface area (Å²) in [5, 5.41) is 3.30. The van der Waals surface area contributed by atoms with E-state index >= 15 is 0 Å². The van der Waals surface area contributed by atoms with Gasteiger partial charge in [-0.1, -0.05) is 6.08 Å². The fraction of sp³-hybridized carbons (Fsp3) is 0.417. The van der Waals surface area contributed by atoms with E-state index in [4.69, 9.17) is 9.47 Å². The fourth-order valence-electron chi connectivity index (χ4n) is 1.63. The zero-order valence-electron chi connectivity index (χ0n) is 9.40. The van der Waals surface area contributed by atoms with Crippen molar-refractivity contribution in [3.05, 3.63) is 30.0 Å². The molecule has 2 heterocycles. The molecule has 86 valence electrons. The van der Waals surface area contributed by atoms with Gasteiger partial charge in [0.2, 0.25) is 5.88 Å². The SMILES string of the molecule is COc1ncccc1NCC1=CCCOC1. The second-order valence-corrected chi connectivity index (χ2v) is 3.62. The maximum atomic E-state index is 5.37. The molecule has 0 fully saturated rings. The molecule has 1 aromatic rings. The maximum absolute atomic E-state index is 5.37. The lowest BCUT2D eigenvalue weighted by Gasteiger charge is -2.15. The smallest absolute Gasteiger partial charge is 0.237 e. The lowest BCUT2D eigenvalue weighted by molar-refractivity contribution is 0.150. The minimum atomic E-state index is 0.625. The predicted molar refractivity (Wildman–Crippen MR) is 62.8 cm³/mol. The highest BCUT2D eigenvalue weighted by atomic mass is 16.5. The monoisotopic (exact) mass is 220 g/mol. The first-order valence-electron chi connectivity index (χ1n) is 5.38. The van der Waals surface area contributed by atoms with Gasteiger partial charge in [-0.15, -0.1) is 0 Å². The van der Waals surface area contributed by atoms with E-state index in [1.54, 1.807) is 13.3 Å². The van der Waals surface area contributed by atoms with Crippen molar-refractivity contribution in [1.82, 2.24) is 4.98 Å². The van der Waals surface area contributed by atoms with E-state index in [0.29, 0.717) is 5.88 Å². The van der Waals surface area contributed by atoms with Crippen molar-refractivity contribution in [3.8, 4) is 5.88 Å². The Hall–Kier alpha value is -1.55. The highest BCUT2D eigenvalue weighted by molar-refractivity contribution is 5.52. The van der Waals surface area contributed by atoms with Crippen LogP contribution in [0.15, 0.2) is 30.0 Å². The summed E-state index contributed by atoms with van der Waals surface area (Å²) < 4.78 is 10.5. The van der Waals surface area contributed by atoms with Gasteiger partial charge in [0, 0.05) is 12.7 Å². The average molecular weight is 220 g/mol. The summed E-state index contributed by atoms with van der Waals surface area (Å²) >= 11 is 0. The summed E-state index contributed by atoms with van der Waals surface area (Å²) in [5.74, 6) is 0.625. The van der Waals surface area contributed by atoms with Crippen molar-refractivity contribution >= 4 is 5.69 Å². The van der Waals surface area contributed by atoms with Crippen molar-refractivity contribution in [2.75, 3.05) is 32.2 Å². The minimum absolute atomic E-state index is 0.625. The molecule has 1 aliphatic rings. The van der Waals surface area contributed by atoms with Crippen LogP contribution in [0.25, 0.3) is 0 Å². The third kappa shape index (κ3) is 2.73. The van der Waals surface area contributed by atoms with Gasteiger partial charge in [-0.2, -0.15) is 0 Å². The van der Waals surface area contributed by atoms with Crippen LogP contribution in [-0.2, 0) is 4.74 Å². The Balaban J connectivity index is 1.96. The zero-order valence-corrected chi connectivity index (χ0v) is 9.40. The number of nitrogens with one attached hydrogen (secondary N) is 1. The van der Waals surface area contributed by atoms with E-state index in [0.717, 1.165) is 31.9 Å². The van der Waals surface area contributed by atoms with Gasteiger partial charge in [-0.05, 0) is 24.1 Å². The van der Waals surface area contributed by atoms with E-state index < -0.39 is 0 Å². The van der Waals surface area contributed by atoms with Gasteiger partial charge < -0.3 is 14.8 Å². The van der Waals surface area contributed by atoms with Gasteiger partial charge >= 0.3 is 0 Å². The quantitative estimate of drug-likeness (QED) is 0.786. The molecule has 0 radical (unpaired) electrons. The van der Waals surface area contributed by atoms with Crippen LogP contribution >= 0.6 is 0 Å². The van der Waals surface area contributed by atoms with Gasteiger partial charge in [0.25, 0.3) is 0 Å². The molecular formula is C12H16N2O2. The van der Waals surface area contributed by atoms with E-state index in [9.17, 15) is 0 Å². The molecule has 0 saturated heterocycles. The first kappa shape index (κ1) is 11.0. The molecule has 0 bridgehead atoms. The van der Waals surface area contributed by atoms with Gasteiger partial charge in [0.1, 0.15) is 0 Å². The number of aromatic nitrogens is 1. The second kappa shape index (κ2) is 5.51. The van der Waals surface area contributed by atoms with Crippen molar-refractivity contribution in [2.24, 2.45) is 0 Å². The molecule has 1 aliphatic heterocycles. The van der Waals surface area contributed by atoms with Crippen molar-refractivity contribution < 1.29 is 9.47 Å². The van der Waals surface area contributed by atoms with E-state index in [1.807, 2.05) is 12.1 Å². The van der Waals surface area contributed by atoms with Crippen molar-refractivity contribution in [3.63, 3.8) is 0 Å². The third-order valence-electron chi connectivity index (χ3n) is 2.45. The number of hydrogen-bond acceptors (Lipinski definition) is 4. The average Bonchev–Trinajstić information content (AvgIpc) is 2.38. The number of pyridine rings is 1. The van der Waals surface area contributed by atoms with Gasteiger partial charge in [-0.3, -0.25) is 0 Å². The summed E-state index contributed by atoms with van der Waals surface area (Å²) in [6.45, 7) is 2.33. The first-order valence-corrected chi connectivity index (χ1v) is 5.38. The Morgan fingerprint density at radius 2 is 2.50 bits per heavy atom. The highest BCUT2D eigenvalue weighted by Crippen LogP contribution is 2.20. The predicted octanol–water partition coefficient (Wildman–Crippen LogP) is 1.85.